The number of benzene rings is 1. The van der Waals surface area contributed by atoms with E-state index in [1.54, 1.807) is 28.8 Å². The molecule has 168 valence electrons. The number of carbonyl (C=O) groups excluding carboxylic acids is 3. The van der Waals surface area contributed by atoms with E-state index < -0.39 is 40.7 Å². The molecule has 8 nitrogen and oxygen atoms in total. The van der Waals surface area contributed by atoms with Crippen molar-refractivity contribution in [2.45, 2.75) is 69.3 Å². The van der Waals surface area contributed by atoms with E-state index in [2.05, 4.69) is 10.6 Å². The normalized spacial score (nSPS) is 23.2. The van der Waals surface area contributed by atoms with Crippen LogP contribution in [0.3, 0.4) is 0 Å². The molecule has 0 bridgehead atoms. The van der Waals surface area contributed by atoms with Gasteiger partial charge in [-0.3, -0.25) is 14.4 Å². The topological polar surface area (TPSA) is 116 Å². The molecule has 31 heavy (non-hydrogen) atoms. The summed E-state index contributed by atoms with van der Waals surface area (Å²) < 4.78 is -0.560. The standard InChI is InChI=1S/C22H29N3O5S/c1-11(2)10-15(21(29)30)24-17(26)12(3)23-18(27)16-22(4,5)31-20-14-9-7-6-8-13(14)19(28)25(16)20/h6-9,11-12,15-16,20H,10H2,1-5H3,(H,23,27)(H,24,26)(H,29,30)/t12-,15-,16-,20-/m0/s1. The highest BCUT2D eigenvalue weighted by Gasteiger charge is 2.57. The molecule has 0 saturated carbocycles. The molecular formula is C22H29N3O5S. The van der Waals surface area contributed by atoms with Gasteiger partial charge in [0.05, 0.1) is 0 Å². The van der Waals surface area contributed by atoms with Crippen molar-refractivity contribution in [1.29, 1.82) is 0 Å². The lowest BCUT2D eigenvalue weighted by molar-refractivity contribution is -0.142. The second kappa shape index (κ2) is 8.53. The number of thioether (sulfide) groups is 1. The van der Waals surface area contributed by atoms with Gasteiger partial charge in [0.15, 0.2) is 0 Å². The number of carboxylic acids is 1. The van der Waals surface area contributed by atoms with Crippen molar-refractivity contribution in [3.63, 3.8) is 0 Å². The number of hydrogen-bond acceptors (Lipinski definition) is 5. The quantitative estimate of drug-likeness (QED) is 0.590. The number of carbonyl (C=O) groups is 4. The Morgan fingerprint density at radius 3 is 2.42 bits per heavy atom. The number of hydrogen-bond donors (Lipinski definition) is 3. The predicted molar refractivity (Wildman–Crippen MR) is 117 cm³/mol. The minimum Gasteiger partial charge on any atom is -0.480 e. The van der Waals surface area contributed by atoms with Gasteiger partial charge in [0.1, 0.15) is 23.5 Å². The number of amides is 3. The molecule has 3 N–H and O–H groups in total. The van der Waals surface area contributed by atoms with Gasteiger partial charge in [-0.25, -0.2) is 4.79 Å². The van der Waals surface area contributed by atoms with Crippen LogP contribution in [0.2, 0.25) is 0 Å². The monoisotopic (exact) mass is 447 g/mol. The highest BCUT2D eigenvalue weighted by Crippen LogP contribution is 2.56. The van der Waals surface area contributed by atoms with Crippen LogP contribution in [0.5, 0.6) is 0 Å². The van der Waals surface area contributed by atoms with Crippen LogP contribution >= 0.6 is 11.8 Å². The van der Waals surface area contributed by atoms with Crippen LogP contribution in [0.25, 0.3) is 0 Å². The summed E-state index contributed by atoms with van der Waals surface area (Å²) in [7, 11) is 0. The van der Waals surface area contributed by atoms with Crippen molar-refractivity contribution in [1.82, 2.24) is 15.5 Å². The van der Waals surface area contributed by atoms with Crippen LogP contribution in [0, 0.1) is 5.92 Å². The van der Waals surface area contributed by atoms with Crippen molar-refractivity contribution in [3.05, 3.63) is 35.4 Å². The van der Waals surface area contributed by atoms with Gasteiger partial charge in [0.25, 0.3) is 5.91 Å². The third kappa shape index (κ3) is 4.42. The van der Waals surface area contributed by atoms with E-state index in [1.165, 1.54) is 6.92 Å². The van der Waals surface area contributed by atoms with Gasteiger partial charge < -0.3 is 20.6 Å². The van der Waals surface area contributed by atoms with E-state index in [1.807, 2.05) is 39.8 Å². The molecule has 9 heteroatoms. The zero-order valence-electron chi connectivity index (χ0n) is 18.3. The van der Waals surface area contributed by atoms with Crippen molar-refractivity contribution in [2.24, 2.45) is 5.92 Å². The molecule has 2 aliphatic heterocycles. The fourth-order valence-electron chi connectivity index (χ4n) is 4.15. The molecule has 1 fully saturated rings. The first-order chi connectivity index (χ1) is 14.4. The summed E-state index contributed by atoms with van der Waals surface area (Å²) >= 11 is 1.54. The summed E-state index contributed by atoms with van der Waals surface area (Å²) in [6, 6.07) is 4.60. The second-order valence-electron chi connectivity index (χ2n) is 9.04. The molecule has 3 amide bonds. The zero-order chi connectivity index (χ0) is 23.1. The first kappa shape index (κ1) is 23.1. The summed E-state index contributed by atoms with van der Waals surface area (Å²) in [5.74, 6) is -2.23. The molecule has 0 unspecified atom stereocenters. The first-order valence-electron chi connectivity index (χ1n) is 10.4. The average Bonchev–Trinajstić information content (AvgIpc) is 3.10. The molecule has 1 aromatic rings. The summed E-state index contributed by atoms with van der Waals surface area (Å²) in [6.07, 6.45) is 0.288. The van der Waals surface area contributed by atoms with Crippen LogP contribution < -0.4 is 10.6 Å². The Kier molecular flexibility index (Phi) is 6.36. The van der Waals surface area contributed by atoms with Crippen LogP contribution in [-0.4, -0.2) is 56.6 Å². The SMILES string of the molecule is CC(C)C[C@H](NC(=O)[C@H](C)NC(=O)[C@@H]1N2C(=O)c3ccccc3[C@@H]2SC1(C)C)C(=O)O. The fraction of sp³-hybridized carbons (Fsp3) is 0.545. The van der Waals surface area contributed by atoms with Gasteiger partial charge in [-0.05, 0) is 44.7 Å². The van der Waals surface area contributed by atoms with Crippen LogP contribution in [0.4, 0.5) is 0 Å². The lowest BCUT2D eigenvalue weighted by Gasteiger charge is -2.30. The summed E-state index contributed by atoms with van der Waals surface area (Å²) in [5.41, 5.74) is 1.49. The lowest BCUT2D eigenvalue weighted by atomic mass is 10.00. The minimum atomic E-state index is -1.11. The van der Waals surface area contributed by atoms with E-state index in [0.717, 1.165) is 5.56 Å². The van der Waals surface area contributed by atoms with Crippen LogP contribution in [0.1, 0.15) is 62.3 Å². The number of rotatable bonds is 7. The third-order valence-corrected chi connectivity index (χ3v) is 7.15. The molecule has 0 spiro atoms. The number of nitrogens with zero attached hydrogens (tertiary/aromatic N) is 1. The molecule has 1 aromatic carbocycles. The molecule has 0 aliphatic carbocycles. The Morgan fingerprint density at radius 1 is 1.16 bits per heavy atom. The first-order valence-corrected chi connectivity index (χ1v) is 11.2. The Morgan fingerprint density at radius 2 is 1.81 bits per heavy atom. The zero-order valence-corrected chi connectivity index (χ0v) is 19.2. The van der Waals surface area contributed by atoms with Crippen molar-refractivity contribution in [2.75, 3.05) is 0 Å². The molecule has 3 rings (SSSR count). The maximum Gasteiger partial charge on any atom is 0.326 e. The third-order valence-electron chi connectivity index (χ3n) is 5.62. The smallest absolute Gasteiger partial charge is 0.326 e. The number of fused-ring (bicyclic) bond motifs is 3. The lowest BCUT2D eigenvalue weighted by Crippen LogP contribution is -2.57. The van der Waals surface area contributed by atoms with Crippen molar-refractivity contribution < 1.29 is 24.3 Å². The van der Waals surface area contributed by atoms with Gasteiger partial charge in [0.2, 0.25) is 11.8 Å². The van der Waals surface area contributed by atoms with Crippen LogP contribution in [0.15, 0.2) is 24.3 Å². The van der Waals surface area contributed by atoms with Crippen molar-refractivity contribution in [3.8, 4) is 0 Å². The van der Waals surface area contributed by atoms with Gasteiger partial charge in [0, 0.05) is 10.3 Å². The molecule has 0 radical (unpaired) electrons. The Bertz CT molecular complexity index is 916. The maximum atomic E-state index is 13.2. The molecule has 2 aliphatic rings. The van der Waals surface area contributed by atoms with Gasteiger partial charge >= 0.3 is 5.97 Å². The molecule has 1 saturated heterocycles. The summed E-state index contributed by atoms with van der Waals surface area (Å²) in [5, 5.41) is 14.3. The Balaban J connectivity index is 1.73. The van der Waals surface area contributed by atoms with Gasteiger partial charge in [-0.15, -0.1) is 11.8 Å². The molecule has 0 aromatic heterocycles. The molecule has 4 atom stereocenters. The van der Waals surface area contributed by atoms with E-state index in [9.17, 15) is 24.3 Å². The van der Waals surface area contributed by atoms with Crippen molar-refractivity contribution >= 4 is 35.5 Å². The Hall–Kier alpha value is -2.55. The van der Waals surface area contributed by atoms with E-state index in [4.69, 9.17) is 0 Å². The van der Waals surface area contributed by atoms with Gasteiger partial charge in [-0.1, -0.05) is 32.0 Å². The van der Waals surface area contributed by atoms with E-state index >= 15 is 0 Å². The minimum absolute atomic E-state index is 0.0855. The largest absolute Gasteiger partial charge is 0.480 e. The van der Waals surface area contributed by atoms with Gasteiger partial charge in [-0.2, -0.15) is 0 Å². The van der Waals surface area contributed by atoms with E-state index in [-0.39, 0.29) is 23.6 Å². The maximum absolute atomic E-state index is 13.2. The number of aliphatic carboxylic acids is 1. The average molecular weight is 448 g/mol. The Labute approximate surface area is 186 Å². The summed E-state index contributed by atoms with van der Waals surface area (Å²) in [4.78, 5) is 51.8. The highest BCUT2D eigenvalue weighted by atomic mass is 32.2. The van der Waals surface area contributed by atoms with E-state index in [0.29, 0.717) is 5.56 Å². The number of carboxylic acid groups (broad SMARTS) is 1. The molecule has 2 heterocycles. The second-order valence-corrected chi connectivity index (χ2v) is 10.8. The van der Waals surface area contributed by atoms with Crippen LogP contribution in [-0.2, 0) is 14.4 Å². The fourth-order valence-corrected chi connectivity index (χ4v) is 5.74. The predicted octanol–water partition coefficient (Wildman–Crippen LogP) is 2.16. The summed E-state index contributed by atoms with van der Waals surface area (Å²) in [6.45, 7) is 9.06. The number of nitrogens with one attached hydrogen (secondary N) is 2. The highest BCUT2D eigenvalue weighted by molar-refractivity contribution is 8.01. The molecular weight excluding hydrogens is 418 g/mol.